The highest BCUT2D eigenvalue weighted by Gasteiger charge is 2.17. The van der Waals surface area contributed by atoms with Gasteiger partial charge in [-0.2, -0.15) is 0 Å². The second-order valence-electron chi connectivity index (χ2n) is 4.86. The highest BCUT2D eigenvalue weighted by atomic mass is 16.4. The van der Waals surface area contributed by atoms with Crippen LogP contribution in [0.15, 0.2) is 30.3 Å². The van der Waals surface area contributed by atoms with Gasteiger partial charge >= 0.3 is 5.97 Å². The number of nitrogens with one attached hydrogen (secondary N) is 1. The molecule has 0 aliphatic rings. The third kappa shape index (κ3) is 4.37. The molecule has 116 valence electrons. The van der Waals surface area contributed by atoms with Crippen molar-refractivity contribution in [2.45, 2.75) is 32.4 Å². The number of benzene rings is 1. The fourth-order valence-corrected chi connectivity index (χ4v) is 1.90. The lowest BCUT2D eigenvalue weighted by Gasteiger charge is -2.09. The van der Waals surface area contributed by atoms with Gasteiger partial charge in [-0.25, -0.2) is 4.68 Å². The predicted octanol–water partition coefficient (Wildman–Crippen LogP) is 0.0476. The summed E-state index contributed by atoms with van der Waals surface area (Å²) in [6.07, 6.45) is 0.686. The number of amides is 1. The number of carboxylic acid groups (broad SMARTS) is 1. The monoisotopic (exact) mass is 303 g/mol. The van der Waals surface area contributed by atoms with E-state index in [1.807, 2.05) is 30.3 Å². The Balaban J connectivity index is 1.92. The van der Waals surface area contributed by atoms with Crippen LogP contribution >= 0.6 is 0 Å². The fourth-order valence-electron chi connectivity index (χ4n) is 1.90. The van der Waals surface area contributed by atoms with Gasteiger partial charge in [-0.05, 0) is 29.3 Å². The van der Waals surface area contributed by atoms with E-state index in [0.29, 0.717) is 12.4 Å². The van der Waals surface area contributed by atoms with Gasteiger partial charge in [0.1, 0.15) is 6.04 Å². The average molecular weight is 303 g/mol. The van der Waals surface area contributed by atoms with Crippen LogP contribution in [0.25, 0.3) is 0 Å². The molecule has 0 aliphatic carbocycles. The first-order valence-electron chi connectivity index (χ1n) is 6.87. The molecule has 1 heterocycles. The predicted molar refractivity (Wildman–Crippen MR) is 76.9 cm³/mol. The zero-order valence-electron chi connectivity index (χ0n) is 12.1. The summed E-state index contributed by atoms with van der Waals surface area (Å²) in [4.78, 5) is 22.5. The molecule has 1 unspecified atom stereocenters. The lowest BCUT2D eigenvalue weighted by atomic mass is 10.1. The van der Waals surface area contributed by atoms with Crippen molar-refractivity contribution in [2.24, 2.45) is 0 Å². The van der Waals surface area contributed by atoms with Gasteiger partial charge in [0, 0.05) is 6.54 Å². The number of rotatable bonds is 7. The molecule has 2 rings (SSSR count). The lowest BCUT2D eigenvalue weighted by Crippen LogP contribution is -2.39. The number of aryl methyl sites for hydroxylation is 2. The molecular weight excluding hydrogens is 286 g/mol. The van der Waals surface area contributed by atoms with Gasteiger partial charge in [-0.1, -0.05) is 30.3 Å². The molecule has 0 saturated heterocycles. The van der Waals surface area contributed by atoms with Crippen molar-refractivity contribution >= 4 is 11.9 Å². The molecule has 0 saturated carbocycles. The molecule has 1 atom stereocenters. The molecule has 0 radical (unpaired) electrons. The first kappa shape index (κ1) is 15.6. The number of aromatic nitrogens is 4. The smallest absolute Gasteiger partial charge is 0.325 e. The number of carbonyl (C=O) groups is 2. The topological polar surface area (TPSA) is 110 Å². The lowest BCUT2D eigenvalue weighted by molar-refractivity contribution is -0.141. The Hall–Kier alpha value is -2.77. The molecule has 8 heteroatoms. The molecule has 0 spiro atoms. The number of carboxylic acids is 1. The normalized spacial score (nSPS) is 11.9. The first-order chi connectivity index (χ1) is 10.6. The number of aliphatic carboxylic acids is 1. The summed E-state index contributed by atoms with van der Waals surface area (Å²) in [5.41, 5.74) is 1.15. The third-order valence-electron chi connectivity index (χ3n) is 3.13. The Morgan fingerprint density at radius 2 is 2.05 bits per heavy atom. The minimum Gasteiger partial charge on any atom is -0.480 e. The van der Waals surface area contributed by atoms with E-state index in [1.54, 1.807) is 4.68 Å². The van der Waals surface area contributed by atoms with E-state index in [2.05, 4.69) is 20.8 Å². The number of carbonyl (C=O) groups excluding carboxylic acids is 1. The van der Waals surface area contributed by atoms with Gasteiger partial charge < -0.3 is 10.4 Å². The van der Waals surface area contributed by atoms with Crippen molar-refractivity contribution < 1.29 is 14.7 Å². The van der Waals surface area contributed by atoms with Crippen LogP contribution in [0.4, 0.5) is 0 Å². The standard InChI is InChI=1S/C14H17N5O3/c1-10(14(21)22)15-13(20)9-12-16-17-18-19(12)8-7-11-5-3-2-4-6-11/h2-6,10H,7-9H2,1H3,(H,15,20)(H,21,22). The molecule has 0 aliphatic heterocycles. The minimum absolute atomic E-state index is 0.0561. The number of hydrogen-bond donors (Lipinski definition) is 2. The van der Waals surface area contributed by atoms with Crippen molar-refractivity contribution in [3.63, 3.8) is 0 Å². The number of hydrogen-bond acceptors (Lipinski definition) is 5. The van der Waals surface area contributed by atoms with Gasteiger partial charge in [0.05, 0.1) is 6.42 Å². The Labute approximate surface area is 127 Å². The maximum absolute atomic E-state index is 11.8. The van der Waals surface area contributed by atoms with Crippen LogP contribution in [0, 0.1) is 0 Å². The van der Waals surface area contributed by atoms with E-state index in [1.165, 1.54) is 6.92 Å². The molecule has 0 bridgehead atoms. The molecule has 1 amide bonds. The largest absolute Gasteiger partial charge is 0.480 e. The summed E-state index contributed by atoms with van der Waals surface area (Å²) >= 11 is 0. The summed E-state index contributed by atoms with van der Waals surface area (Å²) < 4.78 is 1.55. The minimum atomic E-state index is -1.09. The Morgan fingerprint density at radius 3 is 2.73 bits per heavy atom. The molecule has 8 nitrogen and oxygen atoms in total. The van der Waals surface area contributed by atoms with Crippen LogP contribution in [0.1, 0.15) is 18.3 Å². The first-order valence-corrected chi connectivity index (χ1v) is 6.87. The molecule has 0 fully saturated rings. The summed E-state index contributed by atoms with van der Waals surface area (Å²) in [6.45, 7) is 1.95. The summed E-state index contributed by atoms with van der Waals surface area (Å²) in [5.74, 6) is -1.10. The molecule has 2 N–H and O–H groups in total. The van der Waals surface area contributed by atoms with E-state index >= 15 is 0 Å². The summed E-state index contributed by atoms with van der Waals surface area (Å²) in [5, 5.41) is 22.4. The second kappa shape index (κ2) is 7.30. The quantitative estimate of drug-likeness (QED) is 0.747. The maximum Gasteiger partial charge on any atom is 0.325 e. The van der Waals surface area contributed by atoms with Crippen LogP contribution in [-0.2, 0) is 29.0 Å². The van der Waals surface area contributed by atoms with E-state index < -0.39 is 17.9 Å². The van der Waals surface area contributed by atoms with Crippen molar-refractivity contribution in [3.05, 3.63) is 41.7 Å². The fraction of sp³-hybridized carbons (Fsp3) is 0.357. The Bertz CT molecular complexity index is 641. The Morgan fingerprint density at radius 1 is 1.32 bits per heavy atom. The molecule has 22 heavy (non-hydrogen) atoms. The van der Waals surface area contributed by atoms with E-state index in [0.717, 1.165) is 12.0 Å². The molecular formula is C14H17N5O3. The van der Waals surface area contributed by atoms with Crippen LogP contribution < -0.4 is 5.32 Å². The highest BCUT2D eigenvalue weighted by molar-refractivity contribution is 5.84. The average Bonchev–Trinajstić information content (AvgIpc) is 2.93. The van der Waals surface area contributed by atoms with Gasteiger partial charge in [0.25, 0.3) is 0 Å². The van der Waals surface area contributed by atoms with Crippen molar-refractivity contribution in [2.75, 3.05) is 0 Å². The molecule has 2 aromatic rings. The van der Waals surface area contributed by atoms with Gasteiger partial charge in [0.15, 0.2) is 5.82 Å². The summed E-state index contributed by atoms with van der Waals surface area (Å²) in [7, 11) is 0. The molecule has 1 aromatic carbocycles. The number of tetrazole rings is 1. The van der Waals surface area contributed by atoms with Crippen LogP contribution in [0.3, 0.4) is 0 Å². The van der Waals surface area contributed by atoms with Crippen LogP contribution in [0.2, 0.25) is 0 Å². The van der Waals surface area contributed by atoms with Crippen LogP contribution in [0.5, 0.6) is 0 Å². The number of nitrogens with zero attached hydrogens (tertiary/aromatic N) is 4. The zero-order valence-corrected chi connectivity index (χ0v) is 12.1. The third-order valence-corrected chi connectivity index (χ3v) is 3.13. The SMILES string of the molecule is CC(NC(=O)Cc1nnnn1CCc1ccccc1)C(=O)O. The molecule has 1 aromatic heterocycles. The van der Waals surface area contributed by atoms with Crippen molar-refractivity contribution in [1.29, 1.82) is 0 Å². The maximum atomic E-state index is 11.8. The van der Waals surface area contributed by atoms with Gasteiger partial charge in [-0.15, -0.1) is 5.10 Å². The van der Waals surface area contributed by atoms with E-state index in [9.17, 15) is 9.59 Å². The summed E-state index contributed by atoms with van der Waals surface area (Å²) in [6, 6.07) is 8.92. The van der Waals surface area contributed by atoms with Gasteiger partial charge in [0.2, 0.25) is 5.91 Å². The van der Waals surface area contributed by atoms with Crippen LogP contribution in [-0.4, -0.2) is 43.2 Å². The zero-order chi connectivity index (χ0) is 15.9. The highest BCUT2D eigenvalue weighted by Crippen LogP contribution is 2.03. The Kier molecular flexibility index (Phi) is 5.18. The van der Waals surface area contributed by atoms with Gasteiger partial charge in [-0.3, -0.25) is 9.59 Å². The van der Waals surface area contributed by atoms with Crippen molar-refractivity contribution in [1.82, 2.24) is 25.5 Å². The van der Waals surface area contributed by atoms with E-state index in [-0.39, 0.29) is 6.42 Å². The van der Waals surface area contributed by atoms with E-state index in [4.69, 9.17) is 5.11 Å². The second-order valence-corrected chi connectivity index (χ2v) is 4.86. The van der Waals surface area contributed by atoms with Crippen molar-refractivity contribution in [3.8, 4) is 0 Å².